The number of pyridine rings is 1. The molecule has 2 heteroatoms. The second kappa shape index (κ2) is 5.08. The molecule has 0 amide bonds. The van der Waals surface area contributed by atoms with Gasteiger partial charge in [0.25, 0.3) is 0 Å². The maximum absolute atomic E-state index is 6.19. The van der Waals surface area contributed by atoms with Gasteiger partial charge in [-0.1, -0.05) is 25.5 Å². The molecule has 2 aromatic carbocycles. The van der Waals surface area contributed by atoms with Crippen LogP contribution in [0.15, 0.2) is 42.5 Å². The lowest BCUT2D eigenvalue weighted by Gasteiger charge is -2.33. The van der Waals surface area contributed by atoms with Crippen LogP contribution in [0.2, 0.25) is 0 Å². The van der Waals surface area contributed by atoms with Crippen LogP contribution in [0, 0.1) is 13.8 Å². The largest absolute Gasteiger partial charge is 0.487 e. The van der Waals surface area contributed by atoms with Gasteiger partial charge < -0.3 is 4.74 Å². The van der Waals surface area contributed by atoms with Gasteiger partial charge >= 0.3 is 0 Å². The highest BCUT2D eigenvalue weighted by molar-refractivity contribution is 5.84. The molecule has 3 aromatic rings. The van der Waals surface area contributed by atoms with Crippen molar-refractivity contribution in [1.29, 1.82) is 0 Å². The SMILES string of the molecule is Cc1ccc2nc(-c3ccc4c(c3)C(C)(C)C(C)(C)O4)c(C)cc2c1. The van der Waals surface area contributed by atoms with Crippen LogP contribution in [0.5, 0.6) is 5.75 Å². The molecular weight excluding hydrogens is 306 g/mol. The van der Waals surface area contributed by atoms with Crippen LogP contribution in [-0.2, 0) is 5.41 Å². The normalized spacial score (nSPS) is 17.4. The summed E-state index contributed by atoms with van der Waals surface area (Å²) < 4.78 is 6.19. The zero-order valence-corrected chi connectivity index (χ0v) is 15.9. The third-order valence-electron chi connectivity index (χ3n) is 5.96. The van der Waals surface area contributed by atoms with E-state index in [1.54, 1.807) is 0 Å². The van der Waals surface area contributed by atoms with Crippen molar-refractivity contribution in [2.75, 3.05) is 0 Å². The summed E-state index contributed by atoms with van der Waals surface area (Å²) in [6.07, 6.45) is 0. The first-order valence-electron chi connectivity index (χ1n) is 8.91. The van der Waals surface area contributed by atoms with E-state index in [2.05, 4.69) is 84.0 Å². The molecule has 0 saturated carbocycles. The maximum Gasteiger partial charge on any atom is 0.124 e. The molecule has 0 fully saturated rings. The van der Waals surface area contributed by atoms with Crippen LogP contribution in [0.3, 0.4) is 0 Å². The van der Waals surface area contributed by atoms with Gasteiger partial charge in [0, 0.05) is 21.9 Å². The van der Waals surface area contributed by atoms with E-state index in [-0.39, 0.29) is 11.0 Å². The van der Waals surface area contributed by atoms with Gasteiger partial charge in [-0.2, -0.15) is 0 Å². The van der Waals surface area contributed by atoms with Crippen LogP contribution in [0.1, 0.15) is 44.4 Å². The molecule has 0 radical (unpaired) electrons. The molecular formula is C23H25NO. The standard InChI is InChI=1S/C23H25NO/c1-14-7-9-19-17(11-14)12-15(2)21(24-19)16-8-10-20-18(13-16)22(3,4)23(5,6)25-20/h7-13H,1-6H3. The fraction of sp³-hybridized carbons (Fsp3) is 0.348. The first-order chi connectivity index (χ1) is 11.7. The highest BCUT2D eigenvalue weighted by Gasteiger charge is 2.47. The van der Waals surface area contributed by atoms with E-state index in [1.807, 2.05) is 0 Å². The number of nitrogens with zero attached hydrogens (tertiary/aromatic N) is 1. The van der Waals surface area contributed by atoms with Crippen LogP contribution in [-0.4, -0.2) is 10.6 Å². The zero-order valence-electron chi connectivity index (χ0n) is 15.9. The van der Waals surface area contributed by atoms with Crippen LogP contribution < -0.4 is 4.74 Å². The van der Waals surface area contributed by atoms with Crippen LogP contribution >= 0.6 is 0 Å². The topological polar surface area (TPSA) is 22.1 Å². The Kier molecular flexibility index (Phi) is 3.28. The molecule has 2 heterocycles. The first kappa shape index (κ1) is 16.1. The Labute approximate surface area is 149 Å². The van der Waals surface area contributed by atoms with E-state index in [0.717, 1.165) is 22.5 Å². The number of rotatable bonds is 1. The van der Waals surface area contributed by atoms with Crippen molar-refractivity contribution >= 4 is 10.9 Å². The summed E-state index contributed by atoms with van der Waals surface area (Å²) in [4.78, 5) is 4.95. The van der Waals surface area contributed by atoms with E-state index in [9.17, 15) is 0 Å². The van der Waals surface area contributed by atoms with E-state index in [1.165, 1.54) is 22.1 Å². The molecule has 2 nitrogen and oxygen atoms in total. The Morgan fingerprint density at radius 3 is 2.40 bits per heavy atom. The minimum absolute atomic E-state index is 0.0415. The van der Waals surface area contributed by atoms with Crippen molar-refractivity contribution in [2.45, 2.75) is 52.6 Å². The lowest BCUT2D eigenvalue weighted by Crippen LogP contribution is -2.41. The summed E-state index contributed by atoms with van der Waals surface area (Å²) >= 11 is 0. The molecule has 1 aliphatic heterocycles. The zero-order chi connectivity index (χ0) is 18.0. The highest BCUT2D eigenvalue weighted by atomic mass is 16.5. The second-order valence-electron chi connectivity index (χ2n) is 8.30. The molecule has 0 aliphatic carbocycles. The number of hydrogen-bond donors (Lipinski definition) is 0. The number of ether oxygens (including phenoxy) is 1. The molecule has 128 valence electrons. The quantitative estimate of drug-likeness (QED) is 0.548. The number of aromatic nitrogens is 1. The summed E-state index contributed by atoms with van der Waals surface area (Å²) in [5.74, 6) is 0.993. The van der Waals surface area contributed by atoms with Crippen molar-refractivity contribution in [1.82, 2.24) is 4.98 Å². The predicted octanol–water partition coefficient (Wildman–Crippen LogP) is 5.97. The average Bonchev–Trinajstić information content (AvgIpc) is 2.71. The molecule has 1 aliphatic rings. The van der Waals surface area contributed by atoms with Gasteiger partial charge in [0.2, 0.25) is 0 Å². The third kappa shape index (κ3) is 2.35. The average molecular weight is 331 g/mol. The van der Waals surface area contributed by atoms with Gasteiger partial charge in [-0.3, -0.25) is 0 Å². The van der Waals surface area contributed by atoms with Crippen LogP contribution in [0.25, 0.3) is 22.2 Å². The Bertz CT molecular complexity index is 998. The lowest BCUT2D eigenvalue weighted by molar-refractivity contribution is 0.0712. The Balaban J connectivity index is 1.89. The van der Waals surface area contributed by atoms with Crippen molar-refractivity contribution in [3.63, 3.8) is 0 Å². The monoisotopic (exact) mass is 331 g/mol. The summed E-state index contributed by atoms with van der Waals surface area (Å²) in [6.45, 7) is 13.1. The van der Waals surface area contributed by atoms with Gasteiger partial charge in [-0.25, -0.2) is 4.98 Å². The van der Waals surface area contributed by atoms with E-state index < -0.39 is 0 Å². The van der Waals surface area contributed by atoms with E-state index in [4.69, 9.17) is 9.72 Å². The van der Waals surface area contributed by atoms with Crippen molar-refractivity contribution in [3.8, 4) is 17.0 Å². The Morgan fingerprint density at radius 2 is 1.64 bits per heavy atom. The molecule has 0 unspecified atom stereocenters. The number of fused-ring (bicyclic) bond motifs is 2. The smallest absolute Gasteiger partial charge is 0.124 e. The van der Waals surface area contributed by atoms with Crippen molar-refractivity contribution < 1.29 is 4.74 Å². The summed E-state index contributed by atoms with van der Waals surface area (Å²) in [7, 11) is 0. The molecule has 4 rings (SSSR count). The highest BCUT2D eigenvalue weighted by Crippen LogP contribution is 2.49. The Hall–Kier alpha value is -2.35. The fourth-order valence-electron chi connectivity index (χ4n) is 3.68. The fourth-order valence-corrected chi connectivity index (χ4v) is 3.68. The van der Waals surface area contributed by atoms with Gasteiger partial charge in [0.05, 0.1) is 11.2 Å². The summed E-state index contributed by atoms with van der Waals surface area (Å²) in [5.41, 5.74) is 6.74. The second-order valence-corrected chi connectivity index (χ2v) is 8.30. The number of aryl methyl sites for hydroxylation is 2. The van der Waals surface area contributed by atoms with Crippen LogP contribution in [0.4, 0.5) is 0 Å². The van der Waals surface area contributed by atoms with Crippen molar-refractivity contribution in [2.24, 2.45) is 0 Å². The summed E-state index contributed by atoms with van der Waals surface area (Å²) in [5, 5.41) is 1.20. The lowest BCUT2D eigenvalue weighted by atomic mass is 9.73. The minimum atomic E-state index is -0.211. The van der Waals surface area contributed by atoms with Gasteiger partial charge in [0.15, 0.2) is 0 Å². The first-order valence-corrected chi connectivity index (χ1v) is 8.91. The van der Waals surface area contributed by atoms with Gasteiger partial charge in [0.1, 0.15) is 11.4 Å². The van der Waals surface area contributed by atoms with E-state index in [0.29, 0.717) is 0 Å². The molecule has 0 atom stereocenters. The Morgan fingerprint density at radius 1 is 0.880 bits per heavy atom. The number of benzene rings is 2. The minimum Gasteiger partial charge on any atom is -0.487 e. The molecule has 1 aromatic heterocycles. The molecule has 25 heavy (non-hydrogen) atoms. The molecule has 0 N–H and O–H groups in total. The van der Waals surface area contributed by atoms with Crippen molar-refractivity contribution in [3.05, 3.63) is 59.2 Å². The van der Waals surface area contributed by atoms with E-state index >= 15 is 0 Å². The number of hydrogen-bond acceptors (Lipinski definition) is 2. The molecule has 0 spiro atoms. The van der Waals surface area contributed by atoms with Gasteiger partial charge in [-0.05, 0) is 69.7 Å². The maximum atomic E-state index is 6.19. The molecule has 0 bridgehead atoms. The van der Waals surface area contributed by atoms with Gasteiger partial charge in [-0.15, -0.1) is 0 Å². The third-order valence-corrected chi connectivity index (χ3v) is 5.96. The molecule has 0 saturated heterocycles. The summed E-state index contributed by atoms with van der Waals surface area (Å²) in [6, 6.07) is 15.2. The predicted molar refractivity (Wildman–Crippen MR) is 104 cm³/mol.